The molecule has 2 bridgehead atoms. The number of benzene rings is 2. The Hall–Kier alpha value is -3.24. The molecule has 0 aromatic heterocycles. The quantitative estimate of drug-likeness (QED) is 0.449. The molecule has 2 amide bonds. The maximum Gasteiger partial charge on any atom is 0.326 e. The highest BCUT2D eigenvalue weighted by Gasteiger charge is 2.51. The van der Waals surface area contributed by atoms with Gasteiger partial charge >= 0.3 is 5.97 Å². The summed E-state index contributed by atoms with van der Waals surface area (Å²) in [7, 11) is -3.93. The lowest BCUT2D eigenvalue weighted by molar-refractivity contribution is -0.143. The first-order chi connectivity index (χ1) is 18.1. The Bertz CT molecular complexity index is 1310. The molecule has 4 aliphatic rings. The number of carboxylic acid groups (broad SMARTS) is 1. The van der Waals surface area contributed by atoms with Crippen LogP contribution in [0.25, 0.3) is 0 Å². The Labute approximate surface area is 222 Å². The smallest absolute Gasteiger partial charge is 0.326 e. The third kappa shape index (κ3) is 5.33. The highest BCUT2D eigenvalue weighted by molar-refractivity contribution is 7.89. The van der Waals surface area contributed by atoms with Gasteiger partial charge in [-0.25, -0.2) is 13.2 Å². The molecule has 10 heteroatoms. The number of nitrogens with zero attached hydrogens (tertiary/aromatic N) is 1. The van der Waals surface area contributed by atoms with Crippen molar-refractivity contribution in [1.29, 1.82) is 0 Å². The fraction of sp³-hybridized carbons (Fsp3) is 0.464. The summed E-state index contributed by atoms with van der Waals surface area (Å²) in [6.45, 7) is 2.03. The summed E-state index contributed by atoms with van der Waals surface area (Å²) in [6, 6.07) is 12.5. The van der Waals surface area contributed by atoms with Crippen molar-refractivity contribution < 1.29 is 27.9 Å². The summed E-state index contributed by atoms with van der Waals surface area (Å²) in [4.78, 5) is 37.9. The number of carbonyl (C=O) groups excluding carboxylic acids is 2. The highest BCUT2D eigenvalue weighted by atomic mass is 32.2. The van der Waals surface area contributed by atoms with E-state index in [2.05, 4.69) is 10.6 Å². The monoisotopic (exact) mass is 539 g/mol. The number of nitrogens with one attached hydrogen (secondary N) is 2. The van der Waals surface area contributed by atoms with Crippen LogP contribution in [-0.2, 0) is 30.8 Å². The summed E-state index contributed by atoms with van der Waals surface area (Å²) in [5.74, 6) is -1.51. The zero-order valence-electron chi connectivity index (χ0n) is 21.2. The Morgan fingerprint density at radius 1 is 0.974 bits per heavy atom. The first-order valence-electron chi connectivity index (χ1n) is 13.2. The Balaban J connectivity index is 1.30. The summed E-state index contributed by atoms with van der Waals surface area (Å²) in [6.07, 6.45) is 3.75. The second-order valence-corrected chi connectivity index (χ2v) is 12.6. The Morgan fingerprint density at radius 2 is 1.61 bits per heavy atom. The number of hydrogen-bond donors (Lipinski definition) is 3. The van der Waals surface area contributed by atoms with E-state index in [4.69, 9.17) is 0 Å². The van der Waals surface area contributed by atoms with E-state index in [0.29, 0.717) is 30.0 Å². The minimum absolute atomic E-state index is 0.0160. The minimum atomic E-state index is -3.93. The van der Waals surface area contributed by atoms with E-state index in [9.17, 15) is 27.9 Å². The number of hydrogen-bond acceptors (Lipinski definition) is 5. The predicted octanol–water partition coefficient (Wildman–Crippen LogP) is 3.02. The number of piperidine rings is 2. The molecule has 2 aromatic carbocycles. The van der Waals surface area contributed by atoms with Crippen LogP contribution in [0.15, 0.2) is 59.5 Å². The molecule has 2 saturated carbocycles. The van der Waals surface area contributed by atoms with Gasteiger partial charge in [-0.05, 0) is 73.8 Å². The molecule has 38 heavy (non-hydrogen) atoms. The van der Waals surface area contributed by atoms with Crippen LogP contribution >= 0.6 is 0 Å². The van der Waals surface area contributed by atoms with Gasteiger partial charge in [0.15, 0.2) is 0 Å². The van der Waals surface area contributed by atoms with Crippen molar-refractivity contribution in [2.45, 2.75) is 68.5 Å². The van der Waals surface area contributed by atoms with E-state index in [1.165, 1.54) is 16.4 Å². The molecule has 3 N–H and O–H groups in total. The van der Waals surface area contributed by atoms with Crippen LogP contribution in [0.2, 0.25) is 0 Å². The zero-order chi connectivity index (χ0) is 27.0. The van der Waals surface area contributed by atoms with Gasteiger partial charge < -0.3 is 15.7 Å². The number of anilines is 1. The molecule has 0 radical (unpaired) electrons. The molecule has 9 nitrogen and oxygen atoms in total. The number of carboxylic acids is 1. The number of aliphatic carboxylic acids is 1. The Morgan fingerprint density at radius 3 is 2.18 bits per heavy atom. The summed E-state index contributed by atoms with van der Waals surface area (Å²) < 4.78 is 28.5. The van der Waals surface area contributed by atoms with Gasteiger partial charge in [-0.3, -0.25) is 9.59 Å². The molecular formula is C28H33N3O6S. The van der Waals surface area contributed by atoms with Gasteiger partial charge in [0.2, 0.25) is 21.8 Å². The van der Waals surface area contributed by atoms with Crippen molar-refractivity contribution in [3.8, 4) is 0 Å². The van der Waals surface area contributed by atoms with E-state index < -0.39 is 34.0 Å². The van der Waals surface area contributed by atoms with Crippen molar-refractivity contribution in [2.75, 3.05) is 5.32 Å². The van der Waals surface area contributed by atoms with E-state index in [0.717, 1.165) is 19.3 Å². The van der Waals surface area contributed by atoms with Crippen LogP contribution in [-0.4, -0.2) is 53.7 Å². The van der Waals surface area contributed by atoms with Crippen LogP contribution in [0.3, 0.4) is 0 Å². The van der Waals surface area contributed by atoms with Gasteiger partial charge in [0.25, 0.3) is 0 Å². The maximum atomic E-state index is 13.6. The highest BCUT2D eigenvalue weighted by Crippen LogP contribution is 2.43. The molecule has 2 aromatic rings. The van der Waals surface area contributed by atoms with Crippen LogP contribution in [0.1, 0.15) is 44.6 Å². The molecule has 2 aliphatic heterocycles. The van der Waals surface area contributed by atoms with E-state index >= 15 is 0 Å². The maximum absolute atomic E-state index is 13.6. The fourth-order valence-corrected chi connectivity index (χ4v) is 7.75. The van der Waals surface area contributed by atoms with Gasteiger partial charge in [0.05, 0.1) is 4.90 Å². The van der Waals surface area contributed by atoms with E-state index in [1.807, 2.05) is 6.92 Å². The second kappa shape index (κ2) is 10.5. The summed E-state index contributed by atoms with van der Waals surface area (Å²) >= 11 is 0. The van der Waals surface area contributed by atoms with Gasteiger partial charge in [-0.15, -0.1) is 0 Å². The zero-order valence-corrected chi connectivity index (χ0v) is 22.1. The molecule has 4 unspecified atom stereocenters. The number of fused-ring (bicyclic) bond motifs is 3. The van der Waals surface area contributed by atoms with E-state index in [1.54, 1.807) is 42.5 Å². The third-order valence-corrected chi connectivity index (χ3v) is 10.1. The van der Waals surface area contributed by atoms with E-state index in [-0.39, 0.29) is 35.1 Å². The van der Waals surface area contributed by atoms with Crippen molar-refractivity contribution in [3.63, 3.8) is 0 Å². The largest absolute Gasteiger partial charge is 0.480 e. The number of sulfonamides is 1. The average Bonchev–Trinajstić information content (AvgIpc) is 3.66. The topological polar surface area (TPSA) is 133 Å². The normalized spacial score (nSPS) is 27.3. The first kappa shape index (κ1) is 26.4. The van der Waals surface area contributed by atoms with Gasteiger partial charge in [0, 0.05) is 24.1 Å². The summed E-state index contributed by atoms with van der Waals surface area (Å²) in [5, 5.41) is 15.4. The molecular weight excluding hydrogens is 506 g/mol. The predicted molar refractivity (Wildman–Crippen MR) is 141 cm³/mol. The Kier molecular flexibility index (Phi) is 7.28. The van der Waals surface area contributed by atoms with Crippen LogP contribution in [0, 0.1) is 17.8 Å². The lowest BCUT2D eigenvalue weighted by Gasteiger charge is -2.49. The molecule has 4 fully saturated rings. The molecule has 6 rings (SSSR count). The van der Waals surface area contributed by atoms with Crippen molar-refractivity contribution in [1.82, 2.24) is 9.62 Å². The number of carbonyl (C=O) groups is 3. The average molecular weight is 540 g/mol. The lowest BCUT2D eigenvalue weighted by Crippen LogP contribution is -2.63. The molecule has 202 valence electrons. The number of amides is 2. The van der Waals surface area contributed by atoms with Gasteiger partial charge in [0.1, 0.15) is 12.1 Å². The van der Waals surface area contributed by atoms with Gasteiger partial charge in [-0.1, -0.05) is 37.3 Å². The van der Waals surface area contributed by atoms with Crippen molar-refractivity contribution in [3.05, 3.63) is 60.2 Å². The number of rotatable bonds is 9. The first-order valence-corrected chi connectivity index (χ1v) is 14.6. The van der Waals surface area contributed by atoms with Crippen LogP contribution in [0.4, 0.5) is 5.69 Å². The third-order valence-electron chi connectivity index (χ3n) is 8.13. The summed E-state index contributed by atoms with van der Waals surface area (Å²) in [5.41, 5.74) is 1.31. The second-order valence-electron chi connectivity index (χ2n) is 10.8. The minimum Gasteiger partial charge on any atom is -0.480 e. The molecule has 2 aliphatic carbocycles. The van der Waals surface area contributed by atoms with Gasteiger partial charge in [-0.2, -0.15) is 4.31 Å². The van der Waals surface area contributed by atoms with Crippen LogP contribution < -0.4 is 10.6 Å². The lowest BCUT2D eigenvalue weighted by atomic mass is 9.76. The standard InChI is InChI=1S/C28H33N3O6S/c1-17-15-23(17)26(32)29-20-11-7-18(8-12-20)16-24(28(34)35)30-27(33)25-19-9-13-21(14-10-19)31(25)38(36,37)22-5-3-2-4-6-22/h2-8,11-12,17,19,21,23-25H,9-10,13-16H2,1H3,(H,29,32)(H,30,33)(H,34,35). The van der Waals surface area contributed by atoms with Crippen molar-refractivity contribution >= 4 is 33.5 Å². The fourth-order valence-electron chi connectivity index (χ4n) is 5.84. The molecule has 2 saturated heterocycles. The SMILES string of the molecule is CC1CC1C(=O)Nc1ccc(CC(NC(=O)C2C3CCC(CC3)N2S(=O)(=O)c2ccccc2)C(=O)O)cc1. The van der Waals surface area contributed by atoms with Crippen LogP contribution in [0.5, 0.6) is 0 Å². The van der Waals surface area contributed by atoms with Crippen molar-refractivity contribution in [2.24, 2.45) is 17.8 Å². The molecule has 4 atom stereocenters. The molecule has 2 heterocycles. The molecule has 0 spiro atoms.